The van der Waals surface area contributed by atoms with Crippen molar-refractivity contribution in [3.8, 4) is 0 Å². The second-order valence-electron chi connectivity index (χ2n) is 7.07. The van der Waals surface area contributed by atoms with E-state index in [0.29, 0.717) is 0 Å². The van der Waals surface area contributed by atoms with Gasteiger partial charge < -0.3 is 15.6 Å². The largest absolute Gasteiger partial charge is 0.376 e. The number of aromatic nitrogens is 1. The molecule has 0 aliphatic carbocycles. The molecule has 5 N–H and O–H groups in total. The lowest BCUT2D eigenvalue weighted by Gasteiger charge is -2.18. The summed E-state index contributed by atoms with van der Waals surface area (Å²) in [6.07, 6.45) is 2.10. The third kappa shape index (κ3) is 5.60. The second-order valence-corrected chi connectivity index (χ2v) is 7.07. The van der Waals surface area contributed by atoms with Gasteiger partial charge in [0.1, 0.15) is 6.04 Å². The Kier molecular flexibility index (Phi) is 6.69. The monoisotopic (exact) mass is 407 g/mol. The molecule has 0 bridgehead atoms. The van der Waals surface area contributed by atoms with E-state index in [0.717, 1.165) is 27.7 Å². The van der Waals surface area contributed by atoms with Crippen molar-refractivity contribution >= 4 is 34.3 Å². The van der Waals surface area contributed by atoms with Crippen LogP contribution in [0.1, 0.15) is 18.1 Å². The normalized spacial score (nSPS) is 11.5. The van der Waals surface area contributed by atoms with Gasteiger partial charge in [-0.3, -0.25) is 25.2 Å². The van der Waals surface area contributed by atoms with Crippen molar-refractivity contribution in [1.29, 1.82) is 0 Å². The quantitative estimate of drug-likeness (QED) is 0.384. The SMILES string of the molecule is CC(=O)NC(Cc1c[nH]c2ccccc12)C(=O)NNC(=O)CNc1ccc(C)cc1. The van der Waals surface area contributed by atoms with Crippen LogP contribution in [0.2, 0.25) is 0 Å². The molecule has 3 aromatic rings. The lowest BCUT2D eigenvalue weighted by Crippen LogP contribution is -2.53. The third-order valence-electron chi connectivity index (χ3n) is 4.62. The number of hydrazine groups is 1. The molecule has 2 aromatic carbocycles. The number of H-pyrrole nitrogens is 1. The van der Waals surface area contributed by atoms with Crippen molar-refractivity contribution < 1.29 is 14.4 Å². The summed E-state index contributed by atoms with van der Waals surface area (Å²) in [4.78, 5) is 39.4. The highest BCUT2D eigenvalue weighted by atomic mass is 16.2. The first kappa shape index (κ1) is 20.9. The molecule has 8 heteroatoms. The van der Waals surface area contributed by atoms with E-state index in [1.165, 1.54) is 6.92 Å². The number of hydrogen-bond acceptors (Lipinski definition) is 4. The zero-order valence-corrected chi connectivity index (χ0v) is 16.9. The fourth-order valence-electron chi connectivity index (χ4n) is 3.09. The number of fused-ring (bicyclic) bond motifs is 1. The van der Waals surface area contributed by atoms with Gasteiger partial charge >= 0.3 is 0 Å². The van der Waals surface area contributed by atoms with Crippen LogP contribution in [0.15, 0.2) is 54.7 Å². The van der Waals surface area contributed by atoms with Gasteiger partial charge in [0.15, 0.2) is 0 Å². The molecule has 3 rings (SSSR count). The molecule has 0 radical (unpaired) electrons. The molecule has 0 spiro atoms. The molecule has 0 saturated heterocycles. The predicted octanol–water partition coefficient (Wildman–Crippen LogP) is 1.78. The molecule has 0 saturated carbocycles. The minimum atomic E-state index is -0.827. The highest BCUT2D eigenvalue weighted by Crippen LogP contribution is 2.19. The fourth-order valence-corrected chi connectivity index (χ4v) is 3.09. The van der Waals surface area contributed by atoms with Crippen molar-refractivity contribution in [1.82, 2.24) is 21.2 Å². The Labute approximate surface area is 174 Å². The van der Waals surface area contributed by atoms with E-state index in [-0.39, 0.29) is 18.9 Å². The number of para-hydroxylation sites is 1. The summed E-state index contributed by atoms with van der Waals surface area (Å²) < 4.78 is 0. The van der Waals surface area contributed by atoms with Gasteiger partial charge in [-0.1, -0.05) is 35.9 Å². The summed E-state index contributed by atoms with van der Waals surface area (Å²) in [5, 5.41) is 6.59. The van der Waals surface area contributed by atoms with Gasteiger partial charge in [-0.05, 0) is 30.7 Å². The molecule has 1 unspecified atom stereocenters. The summed E-state index contributed by atoms with van der Waals surface area (Å²) in [5.74, 6) is -1.24. The Bertz CT molecular complexity index is 1040. The van der Waals surface area contributed by atoms with Gasteiger partial charge in [-0.2, -0.15) is 0 Å². The number of amides is 3. The molecule has 30 heavy (non-hydrogen) atoms. The first-order valence-corrected chi connectivity index (χ1v) is 9.63. The number of carbonyl (C=O) groups is 3. The van der Waals surface area contributed by atoms with Crippen molar-refractivity contribution in [3.05, 3.63) is 65.9 Å². The predicted molar refractivity (Wildman–Crippen MR) is 116 cm³/mol. The Balaban J connectivity index is 1.56. The molecule has 1 aromatic heterocycles. The average Bonchev–Trinajstić information content (AvgIpc) is 3.13. The summed E-state index contributed by atoms with van der Waals surface area (Å²) in [6, 6.07) is 14.5. The molecular weight excluding hydrogens is 382 g/mol. The maximum absolute atomic E-state index is 12.6. The summed E-state index contributed by atoms with van der Waals surface area (Å²) in [6.45, 7) is 3.32. The van der Waals surface area contributed by atoms with Crippen LogP contribution in [0.3, 0.4) is 0 Å². The van der Waals surface area contributed by atoms with E-state index in [9.17, 15) is 14.4 Å². The Morgan fingerprint density at radius 3 is 2.47 bits per heavy atom. The van der Waals surface area contributed by atoms with Crippen molar-refractivity contribution in [2.24, 2.45) is 0 Å². The number of nitrogens with one attached hydrogen (secondary N) is 5. The lowest BCUT2D eigenvalue weighted by molar-refractivity contribution is -0.131. The van der Waals surface area contributed by atoms with Gasteiger partial charge in [-0.25, -0.2) is 0 Å². The highest BCUT2D eigenvalue weighted by Gasteiger charge is 2.22. The molecule has 8 nitrogen and oxygen atoms in total. The Morgan fingerprint density at radius 1 is 1.00 bits per heavy atom. The molecule has 1 atom stereocenters. The van der Waals surface area contributed by atoms with Crippen LogP contribution in [0, 0.1) is 6.92 Å². The molecule has 0 aliphatic rings. The second kappa shape index (κ2) is 9.60. The number of carbonyl (C=O) groups excluding carboxylic acids is 3. The number of benzene rings is 2. The summed E-state index contributed by atoms with van der Waals surface area (Å²) in [7, 11) is 0. The topological polar surface area (TPSA) is 115 Å². The minimum absolute atomic E-state index is 0.00338. The average molecular weight is 407 g/mol. The molecule has 0 fully saturated rings. The zero-order valence-electron chi connectivity index (χ0n) is 16.9. The smallest absolute Gasteiger partial charge is 0.261 e. The van der Waals surface area contributed by atoms with Crippen LogP contribution in [-0.4, -0.2) is 35.3 Å². The fraction of sp³-hybridized carbons (Fsp3) is 0.227. The number of hydrogen-bond donors (Lipinski definition) is 5. The third-order valence-corrected chi connectivity index (χ3v) is 4.62. The van der Waals surface area contributed by atoms with Crippen LogP contribution in [0.5, 0.6) is 0 Å². The molecule has 3 amide bonds. The molecular formula is C22H25N5O3. The van der Waals surface area contributed by atoms with E-state index in [4.69, 9.17) is 0 Å². The highest BCUT2D eigenvalue weighted by molar-refractivity contribution is 5.91. The first-order chi connectivity index (χ1) is 14.4. The van der Waals surface area contributed by atoms with E-state index in [2.05, 4.69) is 26.5 Å². The molecule has 1 heterocycles. The van der Waals surface area contributed by atoms with E-state index >= 15 is 0 Å². The van der Waals surface area contributed by atoms with E-state index in [1.807, 2.05) is 61.7 Å². The Morgan fingerprint density at radius 2 is 1.73 bits per heavy atom. The van der Waals surface area contributed by atoms with Gasteiger partial charge in [0, 0.05) is 36.1 Å². The summed E-state index contributed by atoms with van der Waals surface area (Å²) >= 11 is 0. The first-order valence-electron chi connectivity index (χ1n) is 9.63. The molecule has 156 valence electrons. The summed E-state index contributed by atoms with van der Waals surface area (Å²) in [5.41, 5.74) is 8.53. The number of rotatable bonds is 7. The minimum Gasteiger partial charge on any atom is -0.376 e. The van der Waals surface area contributed by atoms with Crippen LogP contribution in [-0.2, 0) is 20.8 Å². The lowest BCUT2D eigenvalue weighted by atomic mass is 10.0. The van der Waals surface area contributed by atoms with Gasteiger partial charge in [0.25, 0.3) is 11.8 Å². The van der Waals surface area contributed by atoms with Crippen LogP contribution in [0.25, 0.3) is 10.9 Å². The maximum Gasteiger partial charge on any atom is 0.261 e. The Hall–Kier alpha value is -3.81. The standard InChI is InChI=1S/C22H25N5O3/c1-14-7-9-17(10-8-14)23-13-21(29)26-27-22(30)20(25-15(2)28)11-16-12-24-19-6-4-3-5-18(16)19/h3-10,12,20,23-24H,11,13H2,1-2H3,(H,25,28)(H,26,29)(H,27,30). The van der Waals surface area contributed by atoms with Crippen LogP contribution in [0.4, 0.5) is 5.69 Å². The number of anilines is 1. The van der Waals surface area contributed by atoms with Gasteiger partial charge in [0.2, 0.25) is 5.91 Å². The van der Waals surface area contributed by atoms with Crippen molar-refractivity contribution in [2.45, 2.75) is 26.3 Å². The zero-order chi connectivity index (χ0) is 21.5. The number of aromatic amines is 1. The van der Waals surface area contributed by atoms with Gasteiger partial charge in [-0.15, -0.1) is 0 Å². The van der Waals surface area contributed by atoms with Gasteiger partial charge in [0.05, 0.1) is 6.54 Å². The number of aryl methyl sites for hydroxylation is 1. The van der Waals surface area contributed by atoms with Crippen LogP contribution >= 0.6 is 0 Å². The van der Waals surface area contributed by atoms with Crippen molar-refractivity contribution in [3.63, 3.8) is 0 Å². The van der Waals surface area contributed by atoms with E-state index < -0.39 is 17.9 Å². The van der Waals surface area contributed by atoms with Crippen LogP contribution < -0.4 is 21.5 Å². The van der Waals surface area contributed by atoms with E-state index in [1.54, 1.807) is 0 Å². The molecule has 0 aliphatic heterocycles. The maximum atomic E-state index is 12.6. The van der Waals surface area contributed by atoms with Crippen molar-refractivity contribution in [2.75, 3.05) is 11.9 Å².